The number of ether oxygens (including phenoxy) is 1. The fourth-order valence-corrected chi connectivity index (χ4v) is 3.55. The molecule has 2 aliphatic rings. The second-order valence-electron chi connectivity index (χ2n) is 6.34. The van der Waals surface area contributed by atoms with E-state index in [2.05, 4.69) is 4.74 Å². The van der Waals surface area contributed by atoms with E-state index in [4.69, 9.17) is 4.55 Å². The average Bonchev–Trinajstić information content (AvgIpc) is 2.32. The van der Waals surface area contributed by atoms with Gasteiger partial charge in [-0.3, -0.25) is 9.35 Å². The first-order valence-corrected chi connectivity index (χ1v) is 8.26. The molecule has 2 atom stereocenters. The highest BCUT2D eigenvalue weighted by atomic mass is 32.2. The van der Waals surface area contributed by atoms with Gasteiger partial charge in [-0.2, -0.15) is 17.2 Å². The largest absolute Gasteiger partial charge is 0.458 e. The molecule has 0 aromatic heterocycles. The average molecular weight is 340 g/mol. The number of hydrogen-bond acceptors (Lipinski definition) is 5. The quantitative estimate of drug-likeness (QED) is 0.458. The van der Waals surface area contributed by atoms with Crippen molar-refractivity contribution >= 4 is 16.1 Å². The van der Waals surface area contributed by atoms with Crippen molar-refractivity contribution in [2.45, 2.75) is 49.9 Å². The Labute approximate surface area is 126 Å². The standard InChI is InChI=1S/C13H18F2O6S/c1-11(17)5-9-3-2-4-12(6-9,7-11)10(16)21-8-13(14,15)22(18,19)20/h5,17H,2-4,6-8H2,1H3,(H,18,19,20). The molecule has 0 aromatic carbocycles. The fraction of sp³-hybridized carbons (Fsp3) is 0.769. The van der Waals surface area contributed by atoms with E-state index in [0.29, 0.717) is 25.7 Å². The molecule has 0 aromatic rings. The van der Waals surface area contributed by atoms with Crippen LogP contribution in [0.4, 0.5) is 8.78 Å². The van der Waals surface area contributed by atoms with Crippen LogP contribution in [-0.4, -0.2) is 41.5 Å². The molecular formula is C13H18F2O6S. The normalized spacial score (nSPS) is 32.3. The van der Waals surface area contributed by atoms with Gasteiger partial charge in [-0.1, -0.05) is 11.6 Å². The fourth-order valence-electron chi connectivity index (χ4n) is 3.34. The van der Waals surface area contributed by atoms with E-state index in [9.17, 15) is 27.1 Å². The minimum atomic E-state index is -5.65. The molecule has 2 bridgehead atoms. The van der Waals surface area contributed by atoms with Gasteiger partial charge in [0.2, 0.25) is 0 Å². The molecule has 0 spiro atoms. The lowest BCUT2D eigenvalue weighted by molar-refractivity contribution is -0.167. The molecule has 0 amide bonds. The number of allylic oxidation sites excluding steroid dienone is 1. The van der Waals surface area contributed by atoms with Gasteiger partial charge in [-0.05, 0) is 39.0 Å². The number of fused-ring (bicyclic) bond motifs is 2. The SMILES string of the molecule is CC1(O)C=C2CCCC(C(=O)OCC(F)(F)S(=O)(=O)O)(C2)C1. The van der Waals surface area contributed by atoms with Crippen molar-refractivity contribution in [1.29, 1.82) is 0 Å². The Morgan fingerprint density at radius 2 is 2.14 bits per heavy atom. The first kappa shape index (κ1) is 17.3. The van der Waals surface area contributed by atoms with Crippen molar-refractivity contribution in [2.75, 3.05) is 6.61 Å². The molecule has 2 rings (SSSR count). The van der Waals surface area contributed by atoms with Crippen LogP contribution >= 0.6 is 0 Å². The van der Waals surface area contributed by atoms with Crippen molar-refractivity contribution in [2.24, 2.45) is 5.41 Å². The van der Waals surface area contributed by atoms with Crippen LogP contribution in [0.5, 0.6) is 0 Å². The van der Waals surface area contributed by atoms with Crippen LogP contribution in [0.2, 0.25) is 0 Å². The lowest BCUT2D eigenvalue weighted by Gasteiger charge is -2.44. The van der Waals surface area contributed by atoms with Crippen LogP contribution in [0.25, 0.3) is 0 Å². The van der Waals surface area contributed by atoms with E-state index in [1.54, 1.807) is 6.08 Å². The zero-order chi connectivity index (χ0) is 16.8. The lowest BCUT2D eigenvalue weighted by Crippen LogP contribution is -2.47. The molecule has 126 valence electrons. The second-order valence-corrected chi connectivity index (χ2v) is 7.88. The third-order valence-electron chi connectivity index (χ3n) is 4.11. The minimum Gasteiger partial charge on any atom is -0.458 e. The van der Waals surface area contributed by atoms with E-state index < -0.39 is 39.0 Å². The van der Waals surface area contributed by atoms with Crippen molar-refractivity contribution in [3.8, 4) is 0 Å². The van der Waals surface area contributed by atoms with Gasteiger partial charge >= 0.3 is 21.3 Å². The molecule has 2 unspecified atom stereocenters. The van der Waals surface area contributed by atoms with Gasteiger partial charge < -0.3 is 9.84 Å². The van der Waals surface area contributed by atoms with Crippen LogP contribution in [0.3, 0.4) is 0 Å². The number of esters is 1. The van der Waals surface area contributed by atoms with Gasteiger partial charge in [0.1, 0.15) is 0 Å². The van der Waals surface area contributed by atoms with Gasteiger partial charge in [-0.15, -0.1) is 0 Å². The van der Waals surface area contributed by atoms with Crippen LogP contribution in [-0.2, 0) is 19.6 Å². The number of rotatable bonds is 4. The van der Waals surface area contributed by atoms with E-state index in [-0.39, 0.29) is 6.42 Å². The molecule has 0 aliphatic heterocycles. The Bertz CT molecular complexity index is 610. The van der Waals surface area contributed by atoms with E-state index in [0.717, 1.165) is 5.57 Å². The summed E-state index contributed by atoms with van der Waals surface area (Å²) in [5.41, 5.74) is -1.50. The smallest absolute Gasteiger partial charge is 0.402 e. The summed E-state index contributed by atoms with van der Waals surface area (Å²) < 4.78 is 60.2. The van der Waals surface area contributed by atoms with Crippen LogP contribution in [0.1, 0.15) is 39.0 Å². The lowest BCUT2D eigenvalue weighted by atomic mass is 9.62. The van der Waals surface area contributed by atoms with Crippen molar-refractivity contribution < 1.29 is 36.4 Å². The van der Waals surface area contributed by atoms with Crippen LogP contribution in [0.15, 0.2) is 11.6 Å². The summed E-state index contributed by atoms with van der Waals surface area (Å²) in [7, 11) is -5.65. The van der Waals surface area contributed by atoms with Crippen molar-refractivity contribution in [3.63, 3.8) is 0 Å². The predicted molar refractivity (Wildman–Crippen MR) is 71.7 cm³/mol. The molecule has 2 N–H and O–H groups in total. The maximum absolute atomic E-state index is 13.2. The molecule has 0 heterocycles. The molecular weight excluding hydrogens is 322 g/mol. The Morgan fingerprint density at radius 3 is 2.73 bits per heavy atom. The monoisotopic (exact) mass is 340 g/mol. The van der Waals surface area contributed by atoms with Crippen molar-refractivity contribution in [3.05, 3.63) is 11.6 Å². The minimum absolute atomic E-state index is 0.0276. The summed E-state index contributed by atoms with van der Waals surface area (Å²) in [5.74, 6) is -0.971. The maximum atomic E-state index is 13.2. The predicted octanol–water partition coefficient (Wildman–Crippen LogP) is 1.65. The first-order valence-electron chi connectivity index (χ1n) is 6.82. The molecule has 0 radical (unpaired) electrons. The van der Waals surface area contributed by atoms with E-state index in [1.807, 2.05) is 0 Å². The molecule has 6 nitrogen and oxygen atoms in total. The Morgan fingerprint density at radius 1 is 1.50 bits per heavy atom. The Balaban J connectivity index is 2.14. The number of carbonyl (C=O) groups is 1. The number of aliphatic hydroxyl groups is 1. The molecule has 22 heavy (non-hydrogen) atoms. The highest BCUT2D eigenvalue weighted by Gasteiger charge is 2.51. The highest BCUT2D eigenvalue weighted by molar-refractivity contribution is 7.86. The number of alkyl halides is 2. The van der Waals surface area contributed by atoms with Gasteiger partial charge in [0, 0.05) is 0 Å². The maximum Gasteiger partial charge on any atom is 0.402 e. The summed E-state index contributed by atoms with van der Waals surface area (Å²) in [5, 5.41) is 5.63. The molecule has 9 heteroatoms. The summed E-state index contributed by atoms with van der Waals surface area (Å²) in [6.07, 6.45) is 3.75. The van der Waals surface area contributed by atoms with Gasteiger partial charge in [-0.25, -0.2) is 0 Å². The zero-order valence-corrected chi connectivity index (χ0v) is 12.8. The topological polar surface area (TPSA) is 101 Å². The summed E-state index contributed by atoms with van der Waals surface area (Å²) in [6.45, 7) is -0.222. The zero-order valence-electron chi connectivity index (χ0n) is 12.0. The highest BCUT2D eigenvalue weighted by Crippen LogP contribution is 2.50. The number of halogens is 2. The van der Waals surface area contributed by atoms with Gasteiger partial charge in [0.25, 0.3) is 0 Å². The Kier molecular flexibility index (Phi) is 4.12. The number of hydrogen-bond donors (Lipinski definition) is 2. The van der Waals surface area contributed by atoms with Crippen molar-refractivity contribution in [1.82, 2.24) is 0 Å². The third-order valence-corrected chi connectivity index (χ3v) is 4.98. The first-order chi connectivity index (χ1) is 9.87. The molecule has 1 fully saturated rings. The van der Waals surface area contributed by atoms with E-state index >= 15 is 0 Å². The number of carbonyl (C=O) groups excluding carboxylic acids is 1. The Hall–Kier alpha value is -1.06. The molecule has 2 aliphatic carbocycles. The summed E-state index contributed by atoms with van der Waals surface area (Å²) in [4.78, 5) is 12.2. The molecule has 0 saturated heterocycles. The van der Waals surface area contributed by atoms with Crippen LogP contribution < -0.4 is 0 Å². The third kappa shape index (κ3) is 3.31. The van der Waals surface area contributed by atoms with E-state index in [1.165, 1.54) is 6.92 Å². The summed E-state index contributed by atoms with van der Waals surface area (Å²) >= 11 is 0. The van der Waals surface area contributed by atoms with Gasteiger partial charge in [0.15, 0.2) is 6.61 Å². The summed E-state index contributed by atoms with van der Waals surface area (Å²) in [6, 6.07) is 0. The second kappa shape index (κ2) is 5.24. The van der Waals surface area contributed by atoms with Crippen LogP contribution in [0, 0.1) is 5.41 Å². The molecule has 1 saturated carbocycles. The van der Waals surface area contributed by atoms with Gasteiger partial charge in [0.05, 0.1) is 11.0 Å².